The summed E-state index contributed by atoms with van der Waals surface area (Å²) in [5, 5.41) is 0. The molecule has 0 aliphatic rings. The Kier molecular flexibility index (Phi) is 10.4. The molecule has 0 fully saturated rings. The van der Waals surface area contributed by atoms with Crippen LogP contribution < -0.4 is 5.73 Å². The van der Waals surface area contributed by atoms with Gasteiger partial charge in [0.05, 0.1) is 5.69 Å². The Labute approximate surface area is 94.7 Å². The summed E-state index contributed by atoms with van der Waals surface area (Å²) in [5.74, 6) is 2.79. The summed E-state index contributed by atoms with van der Waals surface area (Å²) in [6.07, 6.45) is 1.48. The first-order valence-corrected chi connectivity index (χ1v) is 4.67. The molecule has 6 heteroatoms. The van der Waals surface area contributed by atoms with E-state index in [1.165, 1.54) is 6.39 Å². The molecule has 0 spiro atoms. The first-order valence-electron chi connectivity index (χ1n) is 3.51. The quantitative estimate of drug-likeness (QED) is 0.824. The van der Waals surface area contributed by atoms with Crippen molar-refractivity contribution in [1.82, 2.24) is 4.98 Å². The molecule has 13 heavy (non-hydrogen) atoms. The molecular weight excluding hydrogens is 231 g/mol. The zero-order valence-electron chi connectivity index (χ0n) is 7.36. The summed E-state index contributed by atoms with van der Waals surface area (Å²) in [7, 11) is 0. The van der Waals surface area contributed by atoms with Crippen molar-refractivity contribution in [3.63, 3.8) is 0 Å². The fourth-order valence-electron chi connectivity index (χ4n) is 0.719. The molecule has 0 atom stereocenters. The lowest BCUT2D eigenvalue weighted by Crippen LogP contribution is -2.01. The highest BCUT2D eigenvalue weighted by molar-refractivity contribution is 7.98. The van der Waals surface area contributed by atoms with Gasteiger partial charge < -0.3 is 10.2 Å². The Morgan fingerprint density at radius 3 is 2.69 bits per heavy atom. The molecule has 2 N–H and O–H groups in total. The van der Waals surface area contributed by atoms with Crippen molar-refractivity contribution < 1.29 is 4.42 Å². The first-order chi connectivity index (χ1) is 5.34. The Balaban J connectivity index is 0. The first kappa shape index (κ1) is 15.6. The molecule has 1 aromatic heterocycles. The summed E-state index contributed by atoms with van der Waals surface area (Å²) in [6.45, 7) is 2.65. The SMILES string of the molecule is Cc1ocnc1CSCCN.Cl.Cl. The van der Waals surface area contributed by atoms with Gasteiger partial charge in [0.25, 0.3) is 0 Å². The molecule has 1 rings (SSSR count). The number of rotatable bonds is 4. The van der Waals surface area contributed by atoms with Crippen molar-refractivity contribution in [3.8, 4) is 0 Å². The van der Waals surface area contributed by atoms with Crippen LogP contribution in [0.15, 0.2) is 10.8 Å². The number of oxazole rings is 1. The molecule has 0 aromatic carbocycles. The van der Waals surface area contributed by atoms with E-state index in [0.717, 1.165) is 29.5 Å². The van der Waals surface area contributed by atoms with Crippen LogP contribution in [0.25, 0.3) is 0 Å². The molecule has 0 saturated carbocycles. The Bertz CT molecular complexity index is 220. The molecular formula is C7H14Cl2N2OS. The Morgan fingerprint density at radius 1 is 1.54 bits per heavy atom. The number of thioether (sulfide) groups is 1. The zero-order valence-corrected chi connectivity index (χ0v) is 9.81. The predicted molar refractivity (Wildman–Crippen MR) is 61.0 cm³/mol. The predicted octanol–water partition coefficient (Wildman–Crippen LogP) is 2.02. The van der Waals surface area contributed by atoms with Gasteiger partial charge in [0.15, 0.2) is 6.39 Å². The molecule has 0 saturated heterocycles. The van der Waals surface area contributed by atoms with Crippen LogP contribution in [0.3, 0.4) is 0 Å². The smallest absolute Gasteiger partial charge is 0.181 e. The van der Waals surface area contributed by atoms with Gasteiger partial charge in [0, 0.05) is 18.1 Å². The number of aromatic nitrogens is 1. The van der Waals surface area contributed by atoms with Crippen LogP contribution >= 0.6 is 36.6 Å². The van der Waals surface area contributed by atoms with Crippen LogP contribution in [-0.2, 0) is 5.75 Å². The monoisotopic (exact) mass is 244 g/mol. The maximum atomic E-state index is 5.34. The van der Waals surface area contributed by atoms with E-state index in [9.17, 15) is 0 Å². The van der Waals surface area contributed by atoms with E-state index in [0.29, 0.717) is 0 Å². The molecule has 1 heterocycles. The number of hydrogen-bond acceptors (Lipinski definition) is 4. The van der Waals surface area contributed by atoms with Crippen LogP contribution in [0.1, 0.15) is 11.5 Å². The van der Waals surface area contributed by atoms with Gasteiger partial charge in [-0.3, -0.25) is 0 Å². The van der Waals surface area contributed by atoms with Crippen LogP contribution in [-0.4, -0.2) is 17.3 Å². The molecule has 78 valence electrons. The molecule has 0 unspecified atom stereocenters. The fourth-order valence-corrected chi connectivity index (χ4v) is 1.50. The molecule has 0 aliphatic carbocycles. The van der Waals surface area contributed by atoms with Crippen LogP contribution in [0.4, 0.5) is 0 Å². The lowest BCUT2D eigenvalue weighted by atomic mass is 10.4. The molecule has 3 nitrogen and oxygen atoms in total. The number of aryl methyl sites for hydroxylation is 1. The average Bonchev–Trinajstić information content (AvgIpc) is 2.37. The average molecular weight is 245 g/mol. The summed E-state index contributed by atoms with van der Waals surface area (Å²) >= 11 is 1.78. The largest absolute Gasteiger partial charge is 0.448 e. The normalized spacial score (nSPS) is 8.77. The van der Waals surface area contributed by atoms with Crippen molar-refractivity contribution in [2.45, 2.75) is 12.7 Å². The third kappa shape index (κ3) is 5.41. The van der Waals surface area contributed by atoms with E-state index in [4.69, 9.17) is 10.2 Å². The molecule has 0 radical (unpaired) electrons. The van der Waals surface area contributed by atoms with Crippen molar-refractivity contribution in [2.24, 2.45) is 5.73 Å². The van der Waals surface area contributed by atoms with Gasteiger partial charge >= 0.3 is 0 Å². The van der Waals surface area contributed by atoms with E-state index >= 15 is 0 Å². The number of hydrogen-bond donors (Lipinski definition) is 1. The second-order valence-corrected chi connectivity index (χ2v) is 3.30. The summed E-state index contributed by atoms with van der Waals surface area (Å²) < 4.78 is 5.04. The van der Waals surface area contributed by atoms with Crippen molar-refractivity contribution in [2.75, 3.05) is 12.3 Å². The van der Waals surface area contributed by atoms with Gasteiger partial charge in [-0.2, -0.15) is 11.8 Å². The van der Waals surface area contributed by atoms with E-state index < -0.39 is 0 Å². The third-order valence-corrected chi connectivity index (χ3v) is 2.35. The maximum Gasteiger partial charge on any atom is 0.181 e. The minimum absolute atomic E-state index is 0. The lowest BCUT2D eigenvalue weighted by molar-refractivity contribution is 0.525. The summed E-state index contributed by atoms with van der Waals surface area (Å²) in [6, 6.07) is 0. The van der Waals surface area contributed by atoms with E-state index in [-0.39, 0.29) is 24.8 Å². The summed E-state index contributed by atoms with van der Waals surface area (Å²) in [4.78, 5) is 4.06. The highest BCUT2D eigenvalue weighted by Crippen LogP contribution is 2.12. The molecule has 0 bridgehead atoms. The Hall–Kier alpha value is 0.1000. The van der Waals surface area contributed by atoms with E-state index in [1.807, 2.05) is 6.92 Å². The molecule has 1 aromatic rings. The van der Waals surface area contributed by atoms with Gasteiger partial charge in [0.2, 0.25) is 0 Å². The van der Waals surface area contributed by atoms with Gasteiger partial charge in [-0.15, -0.1) is 24.8 Å². The van der Waals surface area contributed by atoms with Gasteiger partial charge in [-0.05, 0) is 6.92 Å². The molecule has 0 amide bonds. The lowest BCUT2D eigenvalue weighted by Gasteiger charge is -1.95. The van der Waals surface area contributed by atoms with Crippen molar-refractivity contribution in [3.05, 3.63) is 17.8 Å². The molecule has 0 aliphatic heterocycles. The standard InChI is InChI=1S/C7H12N2OS.2ClH/c1-6-7(9-5-10-6)4-11-3-2-8;;/h5H,2-4,8H2,1H3;2*1H. The highest BCUT2D eigenvalue weighted by atomic mass is 35.5. The second-order valence-electron chi connectivity index (χ2n) is 2.20. The highest BCUT2D eigenvalue weighted by Gasteiger charge is 2.01. The van der Waals surface area contributed by atoms with Crippen molar-refractivity contribution >= 4 is 36.6 Å². The minimum Gasteiger partial charge on any atom is -0.448 e. The van der Waals surface area contributed by atoms with Gasteiger partial charge in [0.1, 0.15) is 5.76 Å². The van der Waals surface area contributed by atoms with Gasteiger partial charge in [-0.1, -0.05) is 0 Å². The minimum atomic E-state index is 0. The topological polar surface area (TPSA) is 52.0 Å². The number of halogens is 2. The zero-order chi connectivity index (χ0) is 8.10. The van der Waals surface area contributed by atoms with E-state index in [2.05, 4.69) is 4.98 Å². The Morgan fingerprint density at radius 2 is 2.23 bits per heavy atom. The summed E-state index contributed by atoms with van der Waals surface area (Å²) in [5.41, 5.74) is 6.37. The van der Waals surface area contributed by atoms with Crippen LogP contribution in [0, 0.1) is 6.92 Å². The van der Waals surface area contributed by atoms with Crippen molar-refractivity contribution in [1.29, 1.82) is 0 Å². The fraction of sp³-hybridized carbons (Fsp3) is 0.571. The van der Waals surface area contributed by atoms with Crippen LogP contribution in [0.5, 0.6) is 0 Å². The van der Waals surface area contributed by atoms with E-state index in [1.54, 1.807) is 11.8 Å². The maximum absolute atomic E-state index is 5.34. The van der Waals surface area contributed by atoms with Crippen LogP contribution in [0.2, 0.25) is 0 Å². The second kappa shape index (κ2) is 8.69. The number of nitrogens with zero attached hydrogens (tertiary/aromatic N) is 1. The third-order valence-electron chi connectivity index (χ3n) is 1.35. The number of nitrogens with two attached hydrogens (primary N) is 1. The van der Waals surface area contributed by atoms with Gasteiger partial charge in [-0.25, -0.2) is 4.98 Å².